The van der Waals surface area contributed by atoms with Gasteiger partial charge in [0.1, 0.15) is 0 Å². The zero-order chi connectivity index (χ0) is 16.1. The van der Waals surface area contributed by atoms with Gasteiger partial charge < -0.3 is 5.32 Å². The molecule has 1 N–H and O–H groups in total. The molecule has 1 fully saturated rings. The molecular formula is C20H20N2O. The number of hydrogen-bond acceptors (Lipinski definition) is 2. The molecule has 0 heterocycles. The molecule has 2 atom stereocenters. The van der Waals surface area contributed by atoms with E-state index >= 15 is 0 Å². The number of nitriles is 1. The number of carbonyl (C=O) groups excluding carboxylic acids is 1. The number of hydrogen-bond donors (Lipinski definition) is 1. The maximum absolute atomic E-state index is 12.2. The van der Waals surface area contributed by atoms with Gasteiger partial charge in [-0.3, -0.25) is 4.79 Å². The van der Waals surface area contributed by atoms with Gasteiger partial charge in [-0.15, -0.1) is 0 Å². The molecule has 1 unspecified atom stereocenters. The Bertz CT molecular complexity index is 701. The summed E-state index contributed by atoms with van der Waals surface area (Å²) in [5.74, 6) is 1.11. The molecule has 1 saturated carbocycles. The Morgan fingerprint density at radius 1 is 1.09 bits per heavy atom. The zero-order valence-corrected chi connectivity index (χ0v) is 13.0. The maximum atomic E-state index is 12.2. The van der Waals surface area contributed by atoms with Crippen LogP contribution in [-0.2, 0) is 4.79 Å². The molecule has 3 rings (SSSR count). The van der Waals surface area contributed by atoms with Crippen LogP contribution in [0.5, 0.6) is 0 Å². The molecule has 0 saturated heterocycles. The topological polar surface area (TPSA) is 52.9 Å². The van der Waals surface area contributed by atoms with Crippen LogP contribution in [0.15, 0.2) is 54.6 Å². The Morgan fingerprint density at radius 3 is 2.52 bits per heavy atom. The number of nitrogens with zero attached hydrogens (tertiary/aromatic N) is 1. The third-order valence-electron chi connectivity index (χ3n) is 4.58. The first-order valence-electron chi connectivity index (χ1n) is 8.09. The van der Waals surface area contributed by atoms with Crippen molar-refractivity contribution in [2.75, 3.05) is 5.32 Å². The van der Waals surface area contributed by atoms with Gasteiger partial charge in [-0.25, -0.2) is 0 Å². The van der Waals surface area contributed by atoms with Crippen molar-refractivity contribution in [2.45, 2.75) is 31.6 Å². The molecule has 0 radical (unpaired) electrons. The van der Waals surface area contributed by atoms with Gasteiger partial charge in [-0.1, -0.05) is 30.3 Å². The summed E-state index contributed by atoms with van der Waals surface area (Å²) < 4.78 is 0. The average molecular weight is 304 g/mol. The van der Waals surface area contributed by atoms with Crippen LogP contribution in [-0.4, -0.2) is 5.91 Å². The van der Waals surface area contributed by atoms with Crippen molar-refractivity contribution in [1.29, 1.82) is 5.26 Å². The van der Waals surface area contributed by atoms with E-state index in [2.05, 4.69) is 35.7 Å². The van der Waals surface area contributed by atoms with Crippen LogP contribution in [0, 0.1) is 17.2 Å². The summed E-state index contributed by atoms with van der Waals surface area (Å²) in [5, 5.41) is 11.7. The Labute approximate surface area is 137 Å². The number of rotatable bonds is 4. The summed E-state index contributed by atoms with van der Waals surface area (Å²) in [6.07, 6.45) is 3.94. The van der Waals surface area contributed by atoms with E-state index in [1.807, 2.05) is 6.07 Å². The van der Waals surface area contributed by atoms with Crippen molar-refractivity contribution >= 4 is 11.6 Å². The third kappa shape index (κ3) is 3.98. The van der Waals surface area contributed by atoms with Crippen molar-refractivity contribution in [3.63, 3.8) is 0 Å². The highest BCUT2D eigenvalue weighted by atomic mass is 16.1. The van der Waals surface area contributed by atoms with Gasteiger partial charge in [0, 0.05) is 12.1 Å². The summed E-state index contributed by atoms with van der Waals surface area (Å²) in [5.41, 5.74) is 2.75. The second-order valence-corrected chi connectivity index (χ2v) is 6.23. The number of amides is 1. The molecule has 1 amide bonds. The fourth-order valence-electron chi connectivity index (χ4n) is 3.39. The van der Waals surface area contributed by atoms with Crippen LogP contribution < -0.4 is 5.32 Å². The first-order valence-corrected chi connectivity index (χ1v) is 8.09. The quantitative estimate of drug-likeness (QED) is 0.906. The van der Waals surface area contributed by atoms with Gasteiger partial charge in [-0.2, -0.15) is 5.26 Å². The van der Waals surface area contributed by atoms with E-state index < -0.39 is 0 Å². The van der Waals surface area contributed by atoms with Crippen molar-refractivity contribution < 1.29 is 4.79 Å². The summed E-state index contributed by atoms with van der Waals surface area (Å²) in [4.78, 5) is 12.2. The highest BCUT2D eigenvalue weighted by Crippen LogP contribution is 2.39. The molecule has 0 aromatic heterocycles. The van der Waals surface area contributed by atoms with Crippen LogP contribution >= 0.6 is 0 Å². The minimum absolute atomic E-state index is 0.0634. The second kappa shape index (κ2) is 7.11. The van der Waals surface area contributed by atoms with Gasteiger partial charge in [-0.05, 0) is 60.9 Å². The summed E-state index contributed by atoms with van der Waals surface area (Å²) in [6.45, 7) is 0. The average Bonchev–Trinajstić information content (AvgIpc) is 3.04. The van der Waals surface area contributed by atoms with Crippen molar-refractivity contribution in [3.05, 3.63) is 65.7 Å². The van der Waals surface area contributed by atoms with Gasteiger partial charge in [0.2, 0.25) is 5.91 Å². The molecule has 1 aliphatic carbocycles. The first-order chi connectivity index (χ1) is 11.2. The fraction of sp³-hybridized carbons (Fsp3) is 0.300. The van der Waals surface area contributed by atoms with Crippen LogP contribution in [0.2, 0.25) is 0 Å². The Kier molecular flexibility index (Phi) is 4.73. The normalized spacial score (nSPS) is 20.0. The molecule has 116 valence electrons. The monoisotopic (exact) mass is 304 g/mol. The fourth-order valence-corrected chi connectivity index (χ4v) is 3.39. The van der Waals surface area contributed by atoms with Gasteiger partial charge in [0.15, 0.2) is 0 Å². The molecule has 2 aromatic carbocycles. The smallest absolute Gasteiger partial charge is 0.224 e. The number of nitrogens with one attached hydrogen (secondary N) is 1. The Balaban J connectivity index is 1.51. The molecule has 1 aliphatic rings. The highest BCUT2D eigenvalue weighted by Gasteiger charge is 2.27. The molecular weight excluding hydrogens is 284 g/mol. The Hall–Kier alpha value is -2.60. The second-order valence-electron chi connectivity index (χ2n) is 6.23. The lowest BCUT2D eigenvalue weighted by molar-refractivity contribution is -0.117. The van der Waals surface area contributed by atoms with Gasteiger partial charge in [0.05, 0.1) is 11.6 Å². The highest BCUT2D eigenvalue weighted by molar-refractivity contribution is 5.90. The van der Waals surface area contributed by atoms with E-state index in [4.69, 9.17) is 5.26 Å². The maximum Gasteiger partial charge on any atom is 0.224 e. The Morgan fingerprint density at radius 2 is 1.83 bits per heavy atom. The molecule has 0 spiro atoms. The third-order valence-corrected chi connectivity index (χ3v) is 4.58. The van der Waals surface area contributed by atoms with Crippen LogP contribution in [0.4, 0.5) is 5.69 Å². The van der Waals surface area contributed by atoms with E-state index in [1.54, 1.807) is 24.3 Å². The van der Waals surface area contributed by atoms with Crippen molar-refractivity contribution in [1.82, 2.24) is 0 Å². The first kappa shape index (κ1) is 15.3. The largest absolute Gasteiger partial charge is 0.326 e. The van der Waals surface area contributed by atoms with E-state index in [0.29, 0.717) is 23.8 Å². The van der Waals surface area contributed by atoms with Gasteiger partial charge in [0.25, 0.3) is 0 Å². The van der Waals surface area contributed by atoms with Crippen LogP contribution in [0.1, 0.15) is 42.7 Å². The van der Waals surface area contributed by atoms with Crippen LogP contribution in [0.25, 0.3) is 0 Å². The number of benzene rings is 2. The predicted octanol–water partition coefficient (Wildman–Crippen LogP) is 4.47. The van der Waals surface area contributed by atoms with Crippen LogP contribution in [0.3, 0.4) is 0 Å². The van der Waals surface area contributed by atoms with Gasteiger partial charge >= 0.3 is 0 Å². The number of carbonyl (C=O) groups is 1. The summed E-state index contributed by atoms with van der Waals surface area (Å²) >= 11 is 0. The van der Waals surface area contributed by atoms with Crippen molar-refractivity contribution in [2.24, 2.45) is 5.92 Å². The lowest BCUT2D eigenvalue weighted by atomic mass is 9.95. The standard InChI is InChI=1S/C20H20N2O/c21-14-15-7-10-19(11-8-15)22-20(23)13-16-6-9-18(12-16)17-4-2-1-3-5-17/h1-5,7-8,10-11,16,18H,6,9,12-13H2,(H,22,23)/t16?,18-/m1/s1. The SMILES string of the molecule is N#Cc1ccc(NC(=O)CC2CC[C@@H](c3ccccc3)C2)cc1. The van der Waals surface area contributed by atoms with E-state index in [0.717, 1.165) is 18.5 Å². The lowest BCUT2D eigenvalue weighted by Crippen LogP contribution is -2.15. The van der Waals surface area contributed by atoms with E-state index in [9.17, 15) is 4.79 Å². The molecule has 0 bridgehead atoms. The number of anilines is 1. The van der Waals surface area contributed by atoms with Crippen molar-refractivity contribution in [3.8, 4) is 6.07 Å². The summed E-state index contributed by atoms with van der Waals surface area (Å²) in [7, 11) is 0. The summed E-state index contributed by atoms with van der Waals surface area (Å²) in [6, 6.07) is 19.6. The molecule has 0 aliphatic heterocycles. The lowest BCUT2D eigenvalue weighted by Gasteiger charge is -2.12. The minimum atomic E-state index is 0.0634. The predicted molar refractivity (Wildman–Crippen MR) is 90.9 cm³/mol. The van der Waals surface area contributed by atoms with E-state index in [-0.39, 0.29) is 5.91 Å². The molecule has 2 aromatic rings. The minimum Gasteiger partial charge on any atom is -0.326 e. The molecule has 23 heavy (non-hydrogen) atoms. The molecule has 3 heteroatoms. The molecule has 3 nitrogen and oxygen atoms in total. The zero-order valence-electron chi connectivity index (χ0n) is 13.0. The van der Waals surface area contributed by atoms with E-state index in [1.165, 1.54) is 12.0 Å².